The SMILES string of the molecule is CCN(C(C)COC)S(=O)(=O)c1ccc(F)c(CO)c1F. The summed E-state index contributed by atoms with van der Waals surface area (Å²) in [4.78, 5) is -0.655. The number of hydrogen-bond acceptors (Lipinski definition) is 4. The molecule has 21 heavy (non-hydrogen) atoms. The van der Waals surface area contributed by atoms with E-state index in [4.69, 9.17) is 9.84 Å². The van der Waals surface area contributed by atoms with E-state index >= 15 is 0 Å². The van der Waals surface area contributed by atoms with Gasteiger partial charge >= 0.3 is 0 Å². The van der Waals surface area contributed by atoms with Gasteiger partial charge in [-0.25, -0.2) is 17.2 Å². The van der Waals surface area contributed by atoms with Crippen LogP contribution in [0.3, 0.4) is 0 Å². The highest BCUT2D eigenvalue weighted by Gasteiger charge is 2.31. The van der Waals surface area contributed by atoms with E-state index in [0.29, 0.717) is 0 Å². The van der Waals surface area contributed by atoms with Crippen LogP contribution in [0.5, 0.6) is 0 Å². The number of aliphatic hydroxyl groups is 1. The maximum atomic E-state index is 14.1. The van der Waals surface area contributed by atoms with Crippen LogP contribution in [0, 0.1) is 11.6 Å². The van der Waals surface area contributed by atoms with Gasteiger partial charge in [-0.2, -0.15) is 4.31 Å². The first-order valence-corrected chi connectivity index (χ1v) is 7.83. The molecule has 1 rings (SSSR count). The monoisotopic (exact) mass is 323 g/mol. The molecule has 0 aliphatic rings. The second-order valence-corrected chi connectivity index (χ2v) is 6.37. The van der Waals surface area contributed by atoms with Crippen molar-refractivity contribution in [3.05, 3.63) is 29.3 Å². The number of rotatable bonds is 7. The zero-order chi connectivity index (χ0) is 16.2. The number of methoxy groups -OCH3 is 1. The quantitative estimate of drug-likeness (QED) is 0.826. The summed E-state index contributed by atoms with van der Waals surface area (Å²) < 4.78 is 58.5. The van der Waals surface area contributed by atoms with Gasteiger partial charge in [-0.1, -0.05) is 6.92 Å². The van der Waals surface area contributed by atoms with E-state index < -0.39 is 44.8 Å². The Bertz CT molecular complexity index is 592. The van der Waals surface area contributed by atoms with Crippen LogP contribution in [0.1, 0.15) is 19.4 Å². The van der Waals surface area contributed by atoms with E-state index in [9.17, 15) is 17.2 Å². The molecule has 1 N–H and O–H groups in total. The van der Waals surface area contributed by atoms with Gasteiger partial charge in [0.2, 0.25) is 10.0 Å². The van der Waals surface area contributed by atoms with E-state index in [2.05, 4.69) is 0 Å². The summed E-state index contributed by atoms with van der Waals surface area (Å²) in [5.74, 6) is -2.25. The number of hydrogen-bond donors (Lipinski definition) is 1. The Hall–Kier alpha value is -1.09. The number of sulfonamides is 1. The van der Waals surface area contributed by atoms with Crippen LogP contribution in [0.15, 0.2) is 17.0 Å². The van der Waals surface area contributed by atoms with Crippen molar-refractivity contribution in [2.45, 2.75) is 31.4 Å². The number of nitrogens with zero attached hydrogens (tertiary/aromatic N) is 1. The van der Waals surface area contributed by atoms with Gasteiger partial charge in [0, 0.05) is 19.7 Å². The molecule has 0 aliphatic carbocycles. The molecule has 0 fully saturated rings. The van der Waals surface area contributed by atoms with Crippen molar-refractivity contribution in [3.63, 3.8) is 0 Å². The van der Waals surface area contributed by atoms with Crippen molar-refractivity contribution in [3.8, 4) is 0 Å². The molecule has 0 heterocycles. The largest absolute Gasteiger partial charge is 0.391 e. The lowest BCUT2D eigenvalue weighted by atomic mass is 10.2. The molecule has 0 radical (unpaired) electrons. The predicted molar refractivity (Wildman–Crippen MR) is 73.2 cm³/mol. The minimum Gasteiger partial charge on any atom is -0.391 e. The third-order valence-electron chi connectivity index (χ3n) is 3.11. The molecule has 1 aromatic rings. The lowest BCUT2D eigenvalue weighted by Crippen LogP contribution is -2.41. The maximum absolute atomic E-state index is 14.1. The Morgan fingerprint density at radius 2 is 2.00 bits per heavy atom. The Morgan fingerprint density at radius 1 is 1.38 bits per heavy atom. The standard InChI is InChI=1S/C13H19F2NO4S/c1-4-16(9(2)8-20-3)21(18,19)12-6-5-11(14)10(7-17)13(12)15/h5-6,9,17H,4,7-8H2,1-3H3. The van der Waals surface area contributed by atoms with Crippen molar-refractivity contribution in [1.82, 2.24) is 4.31 Å². The topological polar surface area (TPSA) is 66.8 Å². The summed E-state index contributed by atoms with van der Waals surface area (Å²) in [6.45, 7) is 2.57. The molecule has 0 amide bonds. The van der Waals surface area contributed by atoms with Crippen molar-refractivity contribution < 1.29 is 27.0 Å². The normalized spacial score (nSPS) is 13.7. The summed E-state index contributed by atoms with van der Waals surface area (Å²) in [6, 6.07) is 1.18. The third kappa shape index (κ3) is 3.57. The average molecular weight is 323 g/mol. The first-order valence-electron chi connectivity index (χ1n) is 6.39. The van der Waals surface area contributed by atoms with E-state index in [0.717, 1.165) is 16.4 Å². The number of likely N-dealkylation sites (N-methyl/N-ethyl adjacent to an activating group) is 1. The van der Waals surface area contributed by atoms with Crippen LogP contribution < -0.4 is 0 Å². The molecule has 0 aliphatic heterocycles. The van der Waals surface area contributed by atoms with Gasteiger partial charge in [0.1, 0.15) is 10.7 Å². The van der Waals surface area contributed by atoms with E-state index in [1.54, 1.807) is 13.8 Å². The smallest absolute Gasteiger partial charge is 0.246 e. The number of halogens is 2. The molecule has 0 saturated carbocycles. The van der Waals surface area contributed by atoms with Gasteiger partial charge < -0.3 is 9.84 Å². The highest BCUT2D eigenvalue weighted by Crippen LogP contribution is 2.25. The van der Waals surface area contributed by atoms with Crippen LogP contribution >= 0.6 is 0 Å². The highest BCUT2D eigenvalue weighted by molar-refractivity contribution is 7.89. The van der Waals surface area contributed by atoms with Crippen molar-refractivity contribution in [1.29, 1.82) is 0 Å². The second-order valence-electron chi connectivity index (χ2n) is 4.51. The number of benzene rings is 1. The highest BCUT2D eigenvalue weighted by atomic mass is 32.2. The molecule has 1 unspecified atom stereocenters. The van der Waals surface area contributed by atoms with Crippen molar-refractivity contribution >= 4 is 10.0 Å². The van der Waals surface area contributed by atoms with Crippen LogP contribution in [0.2, 0.25) is 0 Å². The molecule has 5 nitrogen and oxygen atoms in total. The van der Waals surface area contributed by atoms with Gasteiger partial charge in [0.05, 0.1) is 18.8 Å². The Labute approximate surface area is 123 Å². The molecular weight excluding hydrogens is 304 g/mol. The minimum absolute atomic E-state index is 0.109. The predicted octanol–water partition coefficient (Wildman–Crippen LogP) is 1.50. The molecule has 0 bridgehead atoms. The molecule has 0 spiro atoms. The molecule has 8 heteroatoms. The fraction of sp³-hybridized carbons (Fsp3) is 0.538. The van der Waals surface area contributed by atoms with Gasteiger partial charge in [0.25, 0.3) is 0 Å². The Morgan fingerprint density at radius 3 is 2.48 bits per heavy atom. The van der Waals surface area contributed by atoms with Crippen LogP contribution in [0.25, 0.3) is 0 Å². The van der Waals surface area contributed by atoms with Crippen molar-refractivity contribution in [2.75, 3.05) is 20.3 Å². The maximum Gasteiger partial charge on any atom is 0.246 e. The van der Waals surface area contributed by atoms with E-state index in [-0.39, 0.29) is 13.2 Å². The summed E-state index contributed by atoms with van der Waals surface area (Å²) in [5.41, 5.74) is -0.661. The van der Waals surface area contributed by atoms with Crippen molar-refractivity contribution in [2.24, 2.45) is 0 Å². The lowest BCUT2D eigenvalue weighted by molar-refractivity contribution is 0.142. The zero-order valence-corrected chi connectivity index (χ0v) is 13.0. The fourth-order valence-electron chi connectivity index (χ4n) is 2.09. The van der Waals surface area contributed by atoms with Gasteiger partial charge in [-0.3, -0.25) is 0 Å². The Kier molecular flexibility index (Phi) is 6.21. The number of aliphatic hydroxyl groups excluding tert-OH is 1. The zero-order valence-electron chi connectivity index (χ0n) is 12.1. The molecule has 0 saturated heterocycles. The average Bonchev–Trinajstić information content (AvgIpc) is 2.39. The molecular formula is C13H19F2NO4S. The minimum atomic E-state index is -4.15. The summed E-state index contributed by atoms with van der Waals surface area (Å²) in [5, 5.41) is 8.97. The van der Waals surface area contributed by atoms with Crippen LogP contribution in [-0.4, -0.2) is 44.1 Å². The van der Waals surface area contributed by atoms with E-state index in [1.807, 2.05) is 0 Å². The number of ether oxygens (including phenoxy) is 1. The van der Waals surface area contributed by atoms with E-state index in [1.165, 1.54) is 7.11 Å². The second kappa shape index (κ2) is 7.26. The van der Waals surface area contributed by atoms with Gasteiger partial charge in [-0.15, -0.1) is 0 Å². The third-order valence-corrected chi connectivity index (χ3v) is 5.21. The molecule has 120 valence electrons. The van der Waals surface area contributed by atoms with Crippen LogP contribution in [-0.2, 0) is 21.4 Å². The summed E-state index contributed by atoms with van der Waals surface area (Å²) >= 11 is 0. The van der Waals surface area contributed by atoms with Gasteiger partial charge in [0.15, 0.2) is 5.82 Å². The Balaban J connectivity index is 3.36. The first-order chi connectivity index (χ1) is 9.81. The van der Waals surface area contributed by atoms with Gasteiger partial charge in [-0.05, 0) is 19.1 Å². The fourth-order valence-corrected chi connectivity index (χ4v) is 3.81. The summed E-state index contributed by atoms with van der Waals surface area (Å²) in [6.07, 6.45) is 0. The van der Waals surface area contributed by atoms with Crippen LogP contribution in [0.4, 0.5) is 8.78 Å². The first kappa shape index (κ1) is 18.0. The lowest BCUT2D eigenvalue weighted by Gasteiger charge is -2.27. The summed E-state index contributed by atoms with van der Waals surface area (Å²) in [7, 11) is -2.72. The molecule has 1 aromatic carbocycles. The molecule has 0 aromatic heterocycles. The molecule has 1 atom stereocenters.